The van der Waals surface area contributed by atoms with Crippen LogP contribution >= 0.6 is 11.3 Å². The lowest BCUT2D eigenvalue weighted by atomic mass is 10.0. The number of aryl methyl sites for hydroxylation is 1. The Morgan fingerprint density at radius 3 is 2.67 bits per heavy atom. The van der Waals surface area contributed by atoms with Crippen LogP contribution in [0, 0.1) is 6.92 Å². The molecule has 2 aromatic carbocycles. The van der Waals surface area contributed by atoms with E-state index in [9.17, 15) is 9.59 Å². The van der Waals surface area contributed by atoms with E-state index < -0.39 is 5.97 Å². The molecule has 0 unspecified atom stereocenters. The van der Waals surface area contributed by atoms with Gasteiger partial charge in [0, 0.05) is 26.9 Å². The minimum absolute atomic E-state index is 0.0537. The first kappa shape index (κ1) is 24.7. The molecule has 1 aliphatic rings. The highest BCUT2D eigenvalue weighted by Gasteiger charge is 2.26. The summed E-state index contributed by atoms with van der Waals surface area (Å²) in [7, 11) is 0. The van der Waals surface area contributed by atoms with Crippen molar-refractivity contribution in [2.75, 3.05) is 6.61 Å². The number of carbonyl (C=O) groups excluding carboxylic acids is 2. The molecule has 10 heteroatoms. The summed E-state index contributed by atoms with van der Waals surface area (Å²) in [6.07, 6.45) is 0. The van der Waals surface area contributed by atoms with Crippen LogP contribution in [0.15, 0.2) is 71.7 Å². The Bertz CT molecular complexity index is 1730. The van der Waals surface area contributed by atoms with Crippen LogP contribution in [0.2, 0.25) is 0 Å². The number of fused-ring (bicyclic) bond motifs is 4. The predicted octanol–water partition coefficient (Wildman–Crippen LogP) is 4.44. The Kier molecular flexibility index (Phi) is 6.54. The summed E-state index contributed by atoms with van der Waals surface area (Å²) in [5.74, 6) is 0.611. The lowest BCUT2D eigenvalue weighted by Gasteiger charge is -2.12. The number of nitrogens with one attached hydrogen (secondary N) is 1. The maximum Gasteiger partial charge on any atom is 0.325 e. The fourth-order valence-electron chi connectivity index (χ4n) is 4.87. The molecule has 1 amide bonds. The normalized spacial score (nSPS) is 12.4. The number of nitrogens with zero attached hydrogens (tertiary/aromatic N) is 5. The van der Waals surface area contributed by atoms with Crippen LogP contribution in [0.5, 0.6) is 0 Å². The lowest BCUT2D eigenvalue weighted by molar-refractivity contribution is -0.143. The van der Waals surface area contributed by atoms with Gasteiger partial charge in [0.15, 0.2) is 11.6 Å². The second kappa shape index (κ2) is 10.3. The number of amides is 1. The quantitative estimate of drug-likeness (QED) is 0.309. The number of benzene rings is 2. The first-order valence-electron chi connectivity index (χ1n) is 12.7. The zero-order valence-electron chi connectivity index (χ0n) is 21.5. The molecule has 4 heterocycles. The molecular weight excluding hydrogens is 512 g/mol. The maximum atomic E-state index is 13.4. The fourth-order valence-corrected chi connectivity index (χ4v) is 5.92. The Morgan fingerprint density at radius 1 is 1.05 bits per heavy atom. The zero-order chi connectivity index (χ0) is 26.9. The van der Waals surface area contributed by atoms with Crippen LogP contribution in [0.4, 0.5) is 0 Å². The number of ether oxygens (including phenoxy) is 1. The Labute approximate surface area is 228 Å². The van der Waals surface area contributed by atoms with Gasteiger partial charge in [-0.3, -0.25) is 19.1 Å². The molecule has 39 heavy (non-hydrogen) atoms. The second-order valence-electron chi connectivity index (χ2n) is 9.14. The third-order valence-corrected chi connectivity index (χ3v) is 7.60. The van der Waals surface area contributed by atoms with E-state index in [4.69, 9.17) is 9.73 Å². The summed E-state index contributed by atoms with van der Waals surface area (Å²) in [6, 6.07) is 21.6. The third-order valence-electron chi connectivity index (χ3n) is 6.56. The van der Waals surface area contributed by atoms with E-state index in [-0.39, 0.29) is 25.6 Å². The molecule has 6 rings (SSSR count). The highest BCUT2D eigenvalue weighted by Crippen LogP contribution is 2.32. The number of hydrogen-bond donors (Lipinski definition) is 1. The summed E-state index contributed by atoms with van der Waals surface area (Å²) >= 11 is 1.64. The number of aromatic nitrogens is 4. The zero-order valence-corrected chi connectivity index (χ0v) is 22.4. The Balaban J connectivity index is 1.30. The van der Waals surface area contributed by atoms with Crippen molar-refractivity contribution in [2.45, 2.75) is 33.5 Å². The molecule has 1 N–H and O–H groups in total. The van der Waals surface area contributed by atoms with Gasteiger partial charge in [0.05, 0.1) is 18.9 Å². The van der Waals surface area contributed by atoms with Crippen LogP contribution in [-0.2, 0) is 29.2 Å². The van der Waals surface area contributed by atoms with E-state index in [0.717, 1.165) is 37.6 Å². The average molecular weight is 539 g/mol. The van der Waals surface area contributed by atoms with Crippen molar-refractivity contribution in [3.05, 3.63) is 100 Å². The van der Waals surface area contributed by atoms with Gasteiger partial charge in [-0.25, -0.2) is 0 Å². The summed E-state index contributed by atoms with van der Waals surface area (Å²) in [5, 5.41) is 13.7. The molecule has 0 fully saturated rings. The summed E-state index contributed by atoms with van der Waals surface area (Å²) in [5.41, 5.74) is 4.14. The molecule has 0 saturated heterocycles. The number of esters is 1. The molecule has 0 spiro atoms. The molecule has 0 atom stereocenters. The van der Waals surface area contributed by atoms with Gasteiger partial charge in [-0.2, -0.15) is 0 Å². The molecule has 196 valence electrons. The molecule has 9 nitrogen and oxygen atoms in total. The van der Waals surface area contributed by atoms with Crippen molar-refractivity contribution >= 4 is 39.8 Å². The number of rotatable bonds is 7. The standard InChI is InChI=1S/C29H26N6O3S/c1-3-38-26(36)17-34-22-12-8-7-11-20(22)14-23(34)28(37)31-16-25-33-32-24-15-30-27(19-9-5-4-6-10-19)21-13-18(2)39-29(21)35(24)25/h4-14H,3,15-17H2,1-2H3,(H,31,37). The molecule has 5 aromatic rings. The molecule has 0 radical (unpaired) electrons. The lowest BCUT2D eigenvalue weighted by Crippen LogP contribution is -2.28. The average Bonchev–Trinajstić information content (AvgIpc) is 3.61. The topological polar surface area (TPSA) is 103 Å². The number of carbonyl (C=O) groups is 2. The van der Waals surface area contributed by atoms with Crippen LogP contribution in [0.25, 0.3) is 15.9 Å². The second-order valence-corrected chi connectivity index (χ2v) is 10.4. The van der Waals surface area contributed by atoms with Gasteiger partial charge in [-0.05, 0) is 32.0 Å². The summed E-state index contributed by atoms with van der Waals surface area (Å²) in [4.78, 5) is 31.8. The minimum Gasteiger partial charge on any atom is -0.465 e. The van der Waals surface area contributed by atoms with E-state index in [2.05, 4.69) is 40.6 Å². The largest absolute Gasteiger partial charge is 0.465 e. The molecule has 0 bridgehead atoms. The fraction of sp³-hybridized carbons (Fsp3) is 0.207. The van der Waals surface area contributed by atoms with Crippen LogP contribution in [-0.4, -0.2) is 43.5 Å². The van der Waals surface area contributed by atoms with Gasteiger partial charge in [0.2, 0.25) is 0 Å². The van der Waals surface area contributed by atoms with E-state index in [1.165, 1.54) is 0 Å². The van der Waals surface area contributed by atoms with Crippen LogP contribution < -0.4 is 5.32 Å². The first-order chi connectivity index (χ1) is 19.0. The smallest absolute Gasteiger partial charge is 0.325 e. The predicted molar refractivity (Wildman–Crippen MR) is 149 cm³/mol. The number of thiophene rings is 1. The molecule has 3 aromatic heterocycles. The van der Waals surface area contributed by atoms with Gasteiger partial charge in [-0.15, -0.1) is 21.5 Å². The van der Waals surface area contributed by atoms with E-state index in [0.29, 0.717) is 23.9 Å². The van der Waals surface area contributed by atoms with Gasteiger partial charge in [-0.1, -0.05) is 48.5 Å². The Morgan fingerprint density at radius 2 is 1.85 bits per heavy atom. The van der Waals surface area contributed by atoms with Gasteiger partial charge < -0.3 is 14.6 Å². The van der Waals surface area contributed by atoms with E-state index in [1.54, 1.807) is 28.9 Å². The van der Waals surface area contributed by atoms with Crippen molar-refractivity contribution in [3.8, 4) is 5.00 Å². The Hall–Kier alpha value is -4.57. The van der Waals surface area contributed by atoms with E-state index in [1.807, 2.05) is 47.0 Å². The van der Waals surface area contributed by atoms with Crippen LogP contribution in [0.3, 0.4) is 0 Å². The van der Waals surface area contributed by atoms with Crippen molar-refractivity contribution in [2.24, 2.45) is 4.99 Å². The molecular formula is C29H26N6O3S. The maximum absolute atomic E-state index is 13.4. The molecule has 1 aliphatic heterocycles. The molecule has 0 aliphatic carbocycles. The van der Waals surface area contributed by atoms with Crippen molar-refractivity contribution in [3.63, 3.8) is 0 Å². The van der Waals surface area contributed by atoms with Gasteiger partial charge in [0.1, 0.15) is 23.8 Å². The van der Waals surface area contributed by atoms with Gasteiger partial charge >= 0.3 is 5.97 Å². The third kappa shape index (κ3) is 4.63. The summed E-state index contributed by atoms with van der Waals surface area (Å²) < 4.78 is 8.83. The monoisotopic (exact) mass is 538 g/mol. The number of aliphatic imine (C=N–C) groups is 1. The molecule has 0 saturated carbocycles. The first-order valence-corrected chi connectivity index (χ1v) is 13.5. The number of para-hydroxylation sites is 1. The van der Waals surface area contributed by atoms with Gasteiger partial charge in [0.25, 0.3) is 5.91 Å². The SMILES string of the molecule is CCOC(=O)Cn1c(C(=O)NCc2nnc3n2-c2sc(C)cc2C(c2ccccc2)=NC3)cc2ccccc21. The van der Waals surface area contributed by atoms with Crippen molar-refractivity contribution in [1.29, 1.82) is 0 Å². The highest BCUT2D eigenvalue weighted by molar-refractivity contribution is 7.15. The summed E-state index contributed by atoms with van der Waals surface area (Å²) in [6.45, 7) is 4.58. The van der Waals surface area contributed by atoms with Crippen molar-refractivity contribution in [1.82, 2.24) is 24.6 Å². The van der Waals surface area contributed by atoms with Crippen LogP contribution in [0.1, 0.15) is 45.1 Å². The van der Waals surface area contributed by atoms with E-state index >= 15 is 0 Å². The minimum atomic E-state index is -0.398. The number of hydrogen-bond acceptors (Lipinski definition) is 7. The highest BCUT2D eigenvalue weighted by atomic mass is 32.1. The van der Waals surface area contributed by atoms with Crippen molar-refractivity contribution < 1.29 is 14.3 Å².